The van der Waals surface area contributed by atoms with Crippen LogP contribution in [-0.2, 0) is 20.6 Å². The third-order valence-corrected chi connectivity index (χ3v) is 4.45. The number of carbonyl (C=O) groups is 1. The summed E-state index contributed by atoms with van der Waals surface area (Å²) in [6.07, 6.45) is 0. The van der Waals surface area contributed by atoms with Crippen LogP contribution in [0.2, 0.25) is 10.0 Å². The van der Waals surface area contributed by atoms with Crippen molar-refractivity contribution in [2.75, 3.05) is 7.11 Å². The molecule has 0 atom stereocenters. The molecule has 0 heterocycles. The van der Waals surface area contributed by atoms with Gasteiger partial charge in [-0.2, -0.15) is 8.42 Å². The van der Waals surface area contributed by atoms with Crippen LogP contribution < -0.4 is 4.18 Å². The second-order valence-electron chi connectivity index (χ2n) is 4.55. The van der Waals surface area contributed by atoms with Gasteiger partial charge in [0, 0.05) is 5.02 Å². The molecular weight excluding hydrogens is 363 g/mol. The van der Waals surface area contributed by atoms with Gasteiger partial charge in [-0.15, -0.1) is 0 Å². The Labute approximate surface area is 143 Å². The summed E-state index contributed by atoms with van der Waals surface area (Å²) in [6, 6.07) is 10.3. The highest BCUT2D eigenvalue weighted by molar-refractivity contribution is 7.86. The van der Waals surface area contributed by atoms with E-state index in [1.807, 2.05) is 0 Å². The van der Waals surface area contributed by atoms with E-state index in [0.717, 1.165) is 0 Å². The lowest BCUT2D eigenvalue weighted by molar-refractivity contribution is 0.0600. The lowest BCUT2D eigenvalue weighted by atomic mass is 10.1. The summed E-state index contributed by atoms with van der Waals surface area (Å²) >= 11 is 11.6. The van der Waals surface area contributed by atoms with Crippen molar-refractivity contribution in [1.29, 1.82) is 0 Å². The fourth-order valence-electron chi connectivity index (χ4n) is 1.82. The van der Waals surface area contributed by atoms with E-state index in [-0.39, 0.29) is 16.3 Å². The highest BCUT2D eigenvalue weighted by atomic mass is 35.5. The number of esters is 1. The van der Waals surface area contributed by atoms with Crippen molar-refractivity contribution in [2.24, 2.45) is 0 Å². The zero-order chi connectivity index (χ0) is 17.0. The molecule has 0 fully saturated rings. The lowest BCUT2D eigenvalue weighted by Crippen LogP contribution is -2.13. The summed E-state index contributed by atoms with van der Waals surface area (Å²) in [7, 11) is -2.70. The number of carbonyl (C=O) groups excluding carboxylic acids is 1. The van der Waals surface area contributed by atoms with Gasteiger partial charge in [0.25, 0.3) is 0 Å². The number of methoxy groups -OCH3 is 1. The Morgan fingerprint density at radius 1 is 1.13 bits per heavy atom. The molecule has 0 bridgehead atoms. The van der Waals surface area contributed by atoms with Gasteiger partial charge in [0.1, 0.15) is 5.75 Å². The minimum Gasteiger partial charge on any atom is -0.465 e. The van der Waals surface area contributed by atoms with Crippen LogP contribution in [0.5, 0.6) is 5.75 Å². The molecule has 0 amide bonds. The molecule has 0 radical (unpaired) electrons. The second-order valence-corrected chi connectivity index (χ2v) is 6.97. The summed E-state index contributed by atoms with van der Waals surface area (Å²) in [5.41, 5.74) is 0.641. The minimum atomic E-state index is -3.95. The monoisotopic (exact) mass is 374 g/mol. The van der Waals surface area contributed by atoms with Gasteiger partial charge in [-0.25, -0.2) is 4.79 Å². The molecular formula is C15H12Cl2O5S. The third kappa shape index (κ3) is 4.86. The summed E-state index contributed by atoms with van der Waals surface area (Å²) in [6.45, 7) is 0. The van der Waals surface area contributed by atoms with Gasteiger partial charge in [0.2, 0.25) is 0 Å². The number of benzene rings is 2. The van der Waals surface area contributed by atoms with E-state index in [0.29, 0.717) is 10.6 Å². The predicted molar refractivity (Wildman–Crippen MR) is 87.5 cm³/mol. The molecule has 2 aromatic carbocycles. The Bertz CT molecular complexity index is 834. The number of ether oxygens (including phenoxy) is 1. The number of hydrogen-bond acceptors (Lipinski definition) is 5. The first-order valence-electron chi connectivity index (χ1n) is 6.35. The number of rotatable bonds is 5. The second kappa shape index (κ2) is 7.21. The van der Waals surface area contributed by atoms with E-state index in [1.54, 1.807) is 12.1 Å². The highest BCUT2D eigenvalue weighted by Crippen LogP contribution is 2.29. The SMILES string of the molecule is COC(=O)c1cccc(CS(=O)(=O)Oc2ccc(Cl)cc2Cl)c1. The molecule has 2 rings (SSSR count). The van der Waals surface area contributed by atoms with E-state index in [1.165, 1.54) is 37.4 Å². The smallest absolute Gasteiger partial charge is 0.337 e. The Kier molecular flexibility index (Phi) is 5.51. The van der Waals surface area contributed by atoms with Gasteiger partial charge in [0.05, 0.1) is 17.7 Å². The van der Waals surface area contributed by atoms with Crippen LogP contribution in [0, 0.1) is 0 Å². The summed E-state index contributed by atoms with van der Waals surface area (Å²) in [4.78, 5) is 11.5. The Hall–Kier alpha value is -1.76. The lowest BCUT2D eigenvalue weighted by Gasteiger charge is -2.09. The van der Waals surface area contributed by atoms with Gasteiger partial charge in [-0.05, 0) is 35.9 Å². The maximum Gasteiger partial charge on any atom is 0.337 e. The van der Waals surface area contributed by atoms with Crippen LogP contribution in [0.3, 0.4) is 0 Å². The molecule has 122 valence electrons. The van der Waals surface area contributed by atoms with Crippen molar-refractivity contribution >= 4 is 39.3 Å². The average molecular weight is 375 g/mol. The van der Waals surface area contributed by atoms with Crippen LogP contribution >= 0.6 is 23.2 Å². The quantitative estimate of drug-likeness (QED) is 0.589. The van der Waals surface area contributed by atoms with Crippen LogP contribution in [0.1, 0.15) is 15.9 Å². The normalized spacial score (nSPS) is 11.1. The molecule has 0 aliphatic carbocycles. The Balaban J connectivity index is 2.19. The van der Waals surface area contributed by atoms with Gasteiger partial charge < -0.3 is 8.92 Å². The van der Waals surface area contributed by atoms with Crippen LogP contribution in [-0.4, -0.2) is 21.5 Å². The highest BCUT2D eigenvalue weighted by Gasteiger charge is 2.17. The minimum absolute atomic E-state index is 0.0137. The summed E-state index contributed by atoms with van der Waals surface area (Å²) in [5.74, 6) is -0.984. The standard InChI is InChI=1S/C15H12Cl2O5S/c1-21-15(18)11-4-2-3-10(7-11)9-23(19,20)22-14-6-5-12(16)8-13(14)17/h2-8H,9H2,1H3. The molecule has 8 heteroatoms. The topological polar surface area (TPSA) is 69.7 Å². The third-order valence-electron chi connectivity index (χ3n) is 2.80. The van der Waals surface area contributed by atoms with Crippen molar-refractivity contribution in [3.05, 3.63) is 63.6 Å². The fraction of sp³-hybridized carbons (Fsp3) is 0.133. The molecule has 23 heavy (non-hydrogen) atoms. The molecule has 0 aromatic heterocycles. The van der Waals surface area contributed by atoms with E-state index < -0.39 is 21.8 Å². The zero-order valence-electron chi connectivity index (χ0n) is 12.0. The zero-order valence-corrected chi connectivity index (χ0v) is 14.3. The van der Waals surface area contributed by atoms with Gasteiger partial charge in [-0.1, -0.05) is 35.3 Å². The molecule has 0 aliphatic rings. The van der Waals surface area contributed by atoms with Crippen molar-refractivity contribution in [1.82, 2.24) is 0 Å². The molecule has 0 aliphatic heterocycles. The summed E-state index contributed by atoms with van der Waals surface area (Å²) in [5, 5.41) is 0.454. The van der Waals surface area contributed by atoms with Gasteiger partial charge >= 0.3 is 16.1 Å². The van der Waals surface area contributed by atoms with Gasteiger partial charge in [0.15, 0.2) is 5.75 Å². The first-order valence-corrected chi connectivity index (χ1v) is 8.68. The largest absolute Gasteiger partial charge is 0.465 e. The van der Waals surface area contributed by atoms with E-state index >= 15 is 0 Å². The molecule has 0 unspecified atom stereocenters. The molecule has 0 saturated heterocycles. The Morgan fingerprint density at radius 3 is 2.52 bits per heavy atom. The van der Waals surface area contributed by atoms with Gasteiger partial charge in [-0.3, -0.25) is 0 Å². The number of hydrogen-bond donors (Lipinski definition) is 0. The van der Waals surface area contributed by atoms with Crippen molar-refractivity contribution in [3.63, 3.8) is 0 Å². The summed E-state index contributed by atoms with van der Waals surface area (Å²) < 4.78 is 33.8. The Morgan fingerprint density at radius 2 is 1.87 bits per heavy atom. The first kappa shape index (κ1) is 17.6. The molecule has 0 spiro atoms. The molecule has 0 N–H and O–H groups in total. The van der Waals surface area contributed by atoms with Crippen molar-refractivity contribution in [3.8, 4) is 5.75 Å². The maximum atomic E-state index is 12.1. The molecule has 2 aromatic rings. The molecule has 0 saturated carbocycles. The van der Waals surface area contributed by atoms with Crippen LogP contribution in [0.25, 0.3) is 0 Å². The maximum absolute atomic E-state index is 12.1. The van der Waals surface area contributed by atoms with Crippen LogP contribution in [0.4, 0.5) is 0 Å². The van der Waals surface area contributed by atoms with Crippen molar-refractivity contribution in [2.45, 2.75) is 5.75 Å². The average Bonchev–Trinajstić information content (AvgIpc) is 2.49. The fourth-order valence-corrected chi connectivity index (χ4v) is 3.38. The van der Waals surface area contributed by atoms with Crippen molar-refractivity contribution < 1.29 is 22.1 Å². The predicted octanol–water partition coefficient (Wildman–Crippen LogP) is 3.69. The van der Waals surface area contributed by atoms with E-state index in [2.05, 4.69) is 4.74 Å². The molecule has 5 nitrogen and oxygen atoms in total. The van der Waals surface area contributed by atoms with E-state index in [4.69, 9.17) is 27.4 Å². The van der Waals surface area contributed by atoms with Crippen LogP contribution in [0.15, 0.2) is 42.5 Å². The van der Waals surface area contributed by atoms with E-state index in [9.17, 15) is 13.2 Å². The number of halogens is 2. The first-order chi connectivity index (χ1) is 10.8.